The molecule has 4 heterocycles. The zero-order valence-electron chi connectivity index (χ0n) is 20.7. The third kappa shape index (κ3) is 7.39. The number of hydrogen-bond donors (Lipinski definition) is 3. The van der Waals surface area contributed by atoms with Crippen molar-refractivity contribution in [2.45, 2.75) is 38.9 Å². The third-order valence-corrected chi connectivity index (χ3v) is 5.92. The molecule has 0 spiro atoms. The fourth-order valence-corrected chi connectivity index (χ4v) is 3.03. The maximum absolute atomic E-state index is 7.03. The minimum Gasteiger partial charge on any atom is -0.399 e. The Bertz CT molecular complexity index is 1380. The summed E-state index contributed by atoms with van der Waals surface area (Å²) in [4.78, 5) is 21.1. The first-order valence-electron chi connectivity index (χ1n) is 10.7. The minimum absolute atomic E-state index is 0.227. The number of hydrogen-bond acceptors (Lipinski definition) is 8. The molecular formula is C24H25BBrN9O2. The third-order valence-electron chi connectivity index (χ3n) is 5.49. The van der Waals surface area contributed by atoms with E-state index in [1.165, 1.54) is 0 Å². The Kier molecular flexibility index (Phi) is 9.53. The summed E-state index contributed by atoms with van der Waals surface area (Å²) in [6.07, 6.45) is 4.71. The van der Waals surface area contributed by atoms with Gasteiger partial charge in [0, 0.05) is 23.1 Å². The molecule has 0 atom stereocenters. The summed E-state index contributed by atoms with van der Waals surface area (Å²) in [5, 5.41) is 0. The summed E-state index contributed by atoms with van der Waals surface area (Å²) >= 11 is 3.18. The van der Waals surface area contributed by atoms with E-state index in [4.69, 9.17) is 46.2 Å². The molecular weight excluding hydrogens is 537 g/mol. The number of anilines is 3. The highest BCUT2D eigenvalue weighted by Crippen LogP contribution is 2.36. The number of rotatable bonds is 1. The van der Waals surface area contributed by atoms with Crippen molar-refractivity contribution in [1.29, 1.82) is 0 Å². The van der Waals surface area contributed by atoms with Crippen LogP contribution in [0.2, 0.25) is 0 Å². The first-order chi connectivity index (χ1) is 17.3. The van der Waals surface area contributed by atoms with Gasteiger partial charge in [-0.05, 0) is 39.2 Å². The van der Waals surface area contributed by atoms with Crippen molar-refractivity contribution in [2.75, 3.05) is 17.2 Å². The molecule has 0 bridgehead atoms. The highest BCUT2D eigenvalue weighted by atomic mass is 79.9. The van der Waals surface area contributed by atoms with Crippen molar-refractivity contribution >= 4 is 63.0 Å². The summed E-state index contributed by atoms with van der Waals surface area (Å²) < 4.78 is 12.5. The van der Waals surface area contributed by atoms with E-state index in [-0.39, 0.29) is 11.6 Å². The van der Waals surface area contributed by atoms with Crippen LogP contribution in [0.25, 0.3) is 14.5 Å². The van der Waals surface area contributed by atoms with Crippen LogP contribution >= 0.6 is 15.9 Å². The molecule has 0 aliphatic carbocycles. The normalized spacial score (nSPS) is 14.5. The molecule has 0 saturated carbocycles. The summed E-state index contributed by atoms with van der Waals surface area (Å²) in [5.74, 6) is 0.802. The molecule has 3 aromatic rings. The molecule has 3 aromatic heterocycles. The molecule has 0 amide bonds. The van der Waals surface area contributed by atoms with Gasteiger partial charge in [-0.1, -0.05) is 34.1 Å². The second-order valence-corrected chi connectivity index (χ2v) is 9.48. The lowest BCUT2D eigenvalue weighted by atomic mass is 9.80. The van der Waals surface area contributed by atoms with Crippen LogP contribution in [0.3, 0.4) is 0 Å². The second kappa shape index (κ2) is 12.2. The van der Waals surface area contributed by atoms with E-state index in [1.54, 1.807) is 42.9 Å². The van der Waals surface area contributed by atoms with Gasteiger partial charge >= 0.3 is 7.12 Å². The molecule has 4 rings (SSSR count). The molecule has 0 aromatic carbocycles. The van der Waals surface area contributed by atoms with Crippen molar-refractivity contribution in [3.8, 4) is 0 Å². The smallest absolute Gasteiger partial charge is 0.399 e. The van der Waals surface area contributed by atoms with Crippen LogP contribution in [0.4, 0.5) is 34.5 Å². The van der Waals surface area contributed by atoms with Crippen LogP contribution in [0, 0.1) is 19.7 Å². The van der Waals surface area contributed by atoms with E-state index in [1.807, 2.05) is 27.7 Å². The average Bonchev–Trinajstić information content (AvgIpc) is 3.08. The van der Waals surface area contributed by atoms with E-state index >= 15 is 0 Å². The quantitative estimate of drug-likeness (QED) is 0.286. The number of nitrogens with two attached hydrogens (primary N) is 3. The van der Waals surface area contributed by atoms with Gasteiger partial charge in [-0.2, -0.15) is 0 Å². The number of halogens is 1. The van der Waals surface area contributed by atoms with E-state index < -0.39 is 18.3 Å². The Morgan fingerprint density at radius 2 is 1.27 bits per heavy atom. The molecule has 1 fully saturated rings. The van der Waals surface area contributed by atoms with E-state index in [0.29, 0.717) is 28.3 Å². The molecule has 188 valence electrons. The maximum atomic E-state index is 7.03. The van der Waals surface area contributed by atoms with Gasteiger partial charge in [-0.3, -0.25) is 15.0 Å². The van der Waals surface area contributed by atoms with Crippen molar-refractivity contribution in [1.82, 2.24) is 15.0 Å². The van der Waals surface area contributed by atoms with E-state index in [2.05, 4.69) is 45.4 Å². The Morgan fingerprint density at radius 1 is 0.784 bits per heavy atom. The van der Waals surface area contributed by atoms with Crippen molar-refractivity contribution in [3.05, 3.63) is 81.6 Å². The highest BCUT2D eigenvalue weighted by Gasteiger charge is 2.51. The second-order valence-electron chi connectivity index (χ2n) is 8.56. The van der Waals surface area contributed by atoms with Gasteiger partial charge in [0.1, 0.15) is 17.5 Å². The zero-order chi connectivity index (χ0) is 27.8. The van der Waals surface area contributed by atoms with Gasteiger partial charge < -0.3 is 26.5 Å². The molecule has 37 heavy (non-hydrogen) atoms. The highest BCUT2D eigenvalue weighted by molar-refractivity contribution is 9.10. The molecule has 1 aliphatic rings. The van der Waals surface area contributed by atoms with Gasteiger partial charge in [0.25, 0.3) is 0 Å². The Morgan fingerprint density at radius 3 is 1.73 bits per heavy atom. The summed E-state index contributed by atoms with van der Waals surface area (Å²) in [6, 6.07) is 6.62. The van der Waals surface area contributed by atoms with Gasteiger partial charge in [0.05, 0.1) is 30.9 Å². The lowest BCUT2D eigenvalue weighted by molar-refractivity contribution is 0.00578. The Balaban J connectivity index is 0.000000214. The maximum Gasteiger partial charge on any atom is 0.495 e. The number of nitrogens with zero attached hydrogens (tertiary/aromatic N) is 6. The van der Waals surface area contributed by atoms with Crippen molar-refractivity contribution in [2.24, 2.45) is 0 Å². The molecule has 0 radical (unpaired) electrons. The van der Waals surface area contributed by atoms with Crippen molar-refractivity contribution < 1.29 is 9.31 Å². The number of nitrogen functional groups attached to an aromatic ring is 3. The Hall–Kier alpha value is -4.22. The molecule has 1 aliphatic heterocycles. The van der Waals surface area contributed by atoms with Crippen LogP contribution in [-0.2, 0) is 9.31 Å². The van der Waals surface area contributed by atoms with Crippen LogP contribution in [0.1, 0.15) is 27.7 Å². The minimum atomic E-state index is -0.511. The predicted octanol–water partition coefficient (Wildman–Crippen LogP) is 4.71. The molecule has 13 heteroatoms. The average molecular weight is 562 g/mol. The largest absolute Gasteiger partial charge is 0.495 e. The zero-order valence-corrected chi connectivity index (χ0v) is 22.3. The first kappa shape index (κ1) is 29.0. The first-order valence-corrected chi connectivity index (χ1v) is 11.5. The van der Waals surface area contributed by atoms with Crippen LogP contribution in [0.15, 0.2) is 47.3 Å². The molecule has 0 unspecified atom stereocenters. The molecule has 11 nitrogen and oxygen atoms in total. The molecule has 1 saturated heterocycles. The van der Waals surface area contributed by atoms with Gasteiger partial charge in [0.2, 0.25) is 17.1 Å². The number of aromatic nitrogens is 3. The lowest BCUT2D eigenvalue weighted by Crippen LogP contribution is -2.41. The SMILES string of the molecule is [C-]#[N+]c1cc(B2OC(C)(C)C(C)(C)O2)cnc1N.[C-]#[N+]c1cc(Br)cnc1N.[C-]#[N+]c1cccnc1N. The van der Waals surface area contributed by atoms with Gasteiger partial charge in [-0.25, -0.2) is 14.5 Å². The topological polar surface area (TPSA) is 148 Å². The predicted molar refractivity (Wildman–Crippen MR) is 148 cm³/mol. The number of pyridine rings is 3. The monoisotopic (exact) mass is 561 g/mol. The van der Waals surface area contributed by atoms with E-state index in [0.717, 1.165) is 4.47 Å². The fourth-order valence-electron chi connectivity index (χ4n) is 2.71. The van der Waals surface area contributed by atoms with Crippen LogP contribution in [0.5, 0.6) is 0 Å². The van der Waals surface area contributed by atoms with Crippen LogP contribution in [-0.4, -0.2) is 33.3 Å². The fraction of sp³-hybridized carbons (Fsp3) is 0.250. The summed E-state index contributed by atoms with van der Waals surface area (Å²) in [5.41, 5.74) is 17.3. The summed E-state index contributed by atoms with van der Waals surface area (Å²) in [7, 11) is -0.511. The lowest BCUT2D eigenvalue weighted by Gasteiger charge is -2.32. The van der Waals surface area contributed by atoms with Gasteiger partial charge in [0.15, 0.2) is 0 Å². The van der Waals surface area contributed by atoms with Gasteiger partial charge in [-0.15, -0.1) is 0 Å². The van der Waals surface area contributed by atoms with Crippen LogP contribution < -0.4 is 22.7 Å². The summed E-state index contributed by atoms with van der Waals surface area (Å²) in [6.45, 7) is 28.2. The standard InChI is InChI=1S/C12H16BN3O2.C6H4BrN3.C6H5N3/c1-11(2)12(3,4)18-13(17-11)8-6-9(15-5)10(14)16-7-8;1-9-5-2-4(7)3-10-6(5)8;1-8-5-3-2-4-9-6(5)7/h6-7H,1-4H3,(H2,14,16);2-3H,(H2,8,10);2-4H,(H2,7,9). The van der Waals surface area contributed by atoms with Crippen molar-refractivity contribution in [3.63, 3.8) is 0 Å². The molecule has 6 N–H and O–H groups in total. The Labute approximate surface area is 224 Å². The van der Waals surface area contributed by atoms with E-state index in [9.17, 15) is 0 Å².